The van der Waals surface area contributed by atoms with Gasteiger partial charge in [-0.25, -0.2) is 4.39 Å². The van der Waals surface area contributed by atoms with Gasteiger partial charge in [-0.15, -0.1) is 0 Å². The molecule has 1 aromatic carbocycles. The number of aryl methyl sites for hydroxylation is 1. The van der Waals surface area contributed by atoms with E-state index in [-0.39, 0.29) is 11.7 Å². The average Bonchev–Trinajstić information content (AvgIpc) is 2.14. The molecule has 82 valence electrons. The molecule has 0 heterocycles. The van der Waals surface area contributed by atoms with Crippen LogP contribution in [-0.2, 0) is 4.79 Å². The molecule has 0 aliphatic heterocycles. The maximum atomic E-state index is 13.2. The number of amides is 1. The molecule has 1 N–H and O–H groups in total. The van der Waals surface area contributed by atoms with Gasteiger partial charge in [-0.05, 0) is 46.8 Å². The fraction of sp³-hybridized carbons (Fsp3) is 0.300. The van der Waals surface area contributed by atoms with Crippen LogP contribution in [0.4, 0.5) is 10.1 Å². The minimum absolute atomic E-state index is 0.118. The summed E-state index contributed by atoms with van der Waals surface area (Å²) in [6, 6.07) is 2.96. The SMILES string of the molecule is CSCC(=O)Nc1cc(F)c(Br)cc1C. The number of hydrogen-bond donors (Lipinski definition) is 1. The molecular weight excluding hydrogens is 281 g/mol. The Morgan fingerprint density at radius 3 is 2.87 bits per heavy atom. The number of benzene rings is 1. The Hall–Kier alpha value is -0.550. The van der Waals surface area contributed by atoms with Gasteiger partial charge in [0.15, 0.2) is 0 Å². The topological polar surface area (TPSA) is 29.1 Å². The highest BCUT2D eigenvalue weighted by Gasteiger charge is 2.07. The van der Waals surface area contributed by atoms with E-state index in [0.29, 0.717) is 15.9 Å². The molecule has 0 bridgehead atoms. The van der Waals surface area contributed by atoms with Crippen molar-refractivity contribution in [3.05, 3.63) is 28.0 Å². The number of halogens is 2. The summed E-state index contributed by atoms with van der Waals surface area (Å²) in [6.07, 6.45) is 1.84. The Morgan fingerprint density at radius 1 is 1.60 bits per heavy atom. The van der Waals surface area contributed by atoms with E-state index < -0.39 is 0 Å². The van der Waals surface area contributed by atoms with Gasteiger partial charge in [-0.2, -0.15) is 11.8 Å². The van der Waals surface area contributed by atoms with E-state index in [4.69, 9.17) is 0 Å². The monoisotopic (exact) mass is 291 g/mol. The molecule has 1 aromatic rings. The second-order valence-corrected chi connectivity index (χ2v) is 4.78. The number of rotatable bonds is 3. The molecule has 0 saturated carbocycles. The molecule has 0 saturated heterocycles. The Labute approximate surface area is 101 Å². The molecule has 0 aromatic heterocycles. The van der Waals surface area contributed by atoms with Crippen molar-refractivity contribution in [2.24, 2.45) is 0 Å². The van der Waals surface area contributed by atoms with E-state index in [9.17, 15) is 9.18 Å². The minimum atomic E-state index is -0.375. The largest absolute Gasteiger partial charge is 0.325 e. The van der Waals surface area contributed by atoms with Crippen LogP contribution in [0, 0.1) is 12.7 Å². The summed E-state index contributed by atoms with van der Waals surface area (Å²) < 4.78 is 13.6. The fourth-order valence-corrected chi connectivity index (χ4v) is 1.89. The van der Waals surface area contributed by atoms with Gasteiger partial charge in [-0.3, -0.25) is 4.79 Å². The van der Waals surface area contributed by atoms with Gasteiger partial charge in [-0.1, -0.05) is 0 Å². The second-order valence-electron chi connectivity index (χ2n) is 3.06. The van der Waals surface area contributed by atoms with E-state index in [1.165, 1.54) is 17.8 Å². The third-order valence-electron chi connectivity index (χ3n) is 1.82. The van der Waals surface area contributed by atoms with Crippen molar-refractivity contribution in [2.75, 3.05) is 17.3 Å². The summed E-state index contributed by atoms with van der Waals surface area (Å²) in [5, 5.41) is 2.66. The van der Waals surface area contributed by atoms with Gasteiger partial charge in [0.05, 0.1) is 10.2 Å². The Morgan fingerprint density at radius 2 is 2.27 bits per heavy atom. The van der Waals surface area contributed by atoms with Crippen molar-refractivity contribution in [2.45, 2.75) is 6.92 Å². The Kier molecular flexibility index (Phi) is 4.60. The number of carbonyl (C=O) groups is 1. The van der Waals surface area contributed by atoms with Gasteiger partial charge in [0, 0.05) is 5.69 Å². The van der Waals surface area contributed by atoms with Crippen molar-refractivity contribution >= 4 is 39.3 Å². The number of anilines is 1. The summed E-state index contributed by atoms with van der Waals surface area (Å²) in [4.78, 5) is 11.3. The first-order valence-corrected chi connectivity index (χ1v) is 6.47. The number of hydrogen-bond acceptors (Lipinski definition) is 2. The van der Waals surface area contributed by atoms with Crippen molar-refractivity contribution in [1.29, 1.82) is 0 Å². The molecule has 0 unspecified atom stereocenters. The van der Waals surface area contributed by atoms with Crippen LogP contribution in [0.25, 0.3) is 0 Å². The predicted molar refractivity (Wildman–Crippen MR) is 65.8 cm³/mol. The second kappa shape index (κ2) is 5.51. The van der Waals surface area contributed by atoms with Gasteiger partial charge < -0.3 is 5.32 Å². The molecule has 0 radical (unpaired) electrons. The van der Waals surface area contributed by atoms with Gasteiger partial charge in [0.25, 0.3) is 0 Å². The third-order valence-corrected chi connectivity index (χ3v) is 2.98. The zero-order valence-corrected chi connectivity index (χ0v) is 10.8. The first-order valence-electron chi connectivity index (χ1n) is 4.29. The van der Waals surface area contributed by atoms with E-state index >= 15 is 0 Å². The maximum absolute atomic E-state index is 13.2. The van der Waals surface area contributed by atoms with E-state index in [2.05, 4.69) is 21.2 Å². The van der Waals surface area contributed by atoms with Crippen LogP contribution >= 0.6 is 27.7 Å². The maximum Gasteiger partial charge on any atom is 0.234 e. The number of thioether (sulfide) groups is 1. The first-order chi connectivity index (χ1) is 7.04. The highest BCUT2D eigenvalue weighted by atomic mass is 79.9. The highest BCUT2D eigenvalue weighted by molar-refractivity contribution is 9.10. The summed E-state index contributed by atoms with van der Waals surface area (Å²) in [7, 11) is 0. The zero-order valence-electron chi connectivity index (χ0n) is 8.43. The third kappa shape index (κ3) is 3.50. The van der Waals surface area contributed by atoms with Crippen LogP contribution in [-0.4, -0.2) is 17.9 Å². The molecule has 0 fully saturated rings. The molecule has 0 aliphatic rings. The zero-order chi connectivity index (χ0) is 11.4. The molecule has 0 aliphatic carbocycles. The predicted octanol–water partition coefficient (Wildman–Crippen LogP) is 3.20. The molecule has 1 amide bonds. The van der Waals surface area contributed by atoms with Crippen LogP contribution in [0.2, 0.25) is 0 Å². The molecule has 0 spiro atoms. The lowest BCUT2D eigenvalue weighted by atomic mass is 10.2. The van der Waals surface area contributed by atoms with Gasteiger partial charge in [0.2, 0.25) is 5.91 Å². The summed E-state index contributed by atoms with van der Waals surface area (Å²) in [5.41, 5.74) is 1.35. The van der Waals surface area contributed by atoms with Crippen molar-refractivity contribution in [3.8, 4) is 0 Å². The lowest BCUT2D eigenvalue weighted by molar-refractivity contribution is -0.113. The van der Waals surface area contributed by atoms with Crippen LogP contribution in [0.5, 0.6) is 0 Å². The molecule has 15 heavy (non-hydrogen) atoms. The number of carbonyl (C=O) groups excluding carboxylic acids is 1. The van der Waals surface area contributed by atoms with E-state index in [0.717, 1.165) is 5.56 Å². The minimum Gasteiger partial charge on any atom is -0.325 e. The van der Waals surface area contributed by atoms with Crippen molar-refractivity contribution in [3.63, 3.8) is 0 Å². The molecular formula is C10H11BrFNOS. The van der Waals surface area contributed by atoms with Crippen LogP contribution in [0.1, 0.15) is 5.56 Å². The summed E-state index contributed by atoms with van der Waals surface area (Å²) >= 11 is 4.51. The standard InChI is InChI=1S/C10H11BrFNOS/c1-6-3-7(11)8(12)4-9(6)13-10(14)5-15-2/h3-4H,5H2,1-2H3,(H,13,14). The smallest absolute Gasteiger partial charge is 0.234 e. The lowest BCUT2D eigenvalue weighted by Crippen LogP contribution is -2.14. The van der Waals surface area contributed by atoms with Crippen molar-refractivity contribution in [1.82, 2.24) is 0 Å². The van der Waals surface area contributed by atoms with Crippen LogP contribution in [0.3, 0.4) is 0 Å². The summed E-state index contributed by atoms with van der Waals surface area (Å²) in [6.45, 7) is 1.82. The van der Waals surface area contributed by atoms with E-state index in [1.807, 2.05) is 13.2 Å². The normalized spacial score (nSPS) is 10.1. The Bertz CT molecular complexity index is 384. The van der Waals surface area contributed by atoms with Crippen LogP contribution < -0.4 is 5.32 Å². The molecule has 5 heteroatoms. The number of nitrogens with one attached hydrogen (secondary N) is 1. The average molecular weight is 292 g/mol. The van der Waals surface area contributed by atoms with Crippen molar-refractivity contribution < 1.29 is 9.18 Å². The first kappa shape index (κ1) is 12.5. The quantitative estimate of drug-likeness (QED) is 0.927. The molecule has 1 rings (SSSR count). The molecule has 0 atom stereocenters. The van der Waals surface area contributed by atoms with Crippen LogP contribution in [0.15, 0.2) is 16.6 Å². The summed E-state index contributed by atoms with van der Waals surface area (Å²) in [5.74, 6) is -0.121. The fourth-order valence-electron chi connectivity index (χ4n) is 1.10. The van der Waals surface area contributed by atoms with Gasteiger partial charge in [0.1, 0.15) is 5.82 Å². The molecule has 2 nitrogen and oxygen atoms in total. The van der Waals surface area contributed by atoms with E-state index in [1.54, 1.807) is 6.07 Å². The van der Waals surface area contributed by atoms with Gasteiger partial charge >= 0.3 is 0 Å². The Balaban J connectivity index is 2.86. The lowest BCUT2D eigenvalue weighted by Gasteiger charge is -2.08. The highest BCUT2D eigenvalue weighted by Crippen LogP contribution is 2.23.